The summed E-state index contributed by atoms with van der Waals surface area (Å²) in [5.41, 5.74) is 11.2. The lowest BCUT2D eigenvalue weighted by atomic mass is 9.81. The van der Waals surface area contributed by atoms with E-state index in [1.807, 2.05) is 32.0 Å². The van der Waals surface area contributed by atoms with Crippen molar-refractivity contribution in [1.29, 1.82) is 0 Å². The SMILES string of the molecule is CCOC(=O)C1=C(CCc2ccc(F)cc2)NC(CC(C)C)=C(C(N)=O)C1c1ccc(C(=O)N[C@@H]2CCc3ccccc32)s1. The molecule has 7 nitrogen and oxygen atoms in total. The molecule has 0 fully saturated rings. The molecular weight excluding hydrogens is 577 g/mol. The van der Waals surface area contributed by atoms with Crippen LogP contribution in [-0.2, 0) is 27.2 Å². The number of primary amides is 1. The van der Waals surface area contributed by atoms with Gasteiger partial charge in [-0.05, 0) is 85.9 Å². The Balaban J connectivity index is 1.53. The Labute approximate surface area is 261 Å². The van der Waals surface area contributed by atoms with Crippen molar-refractivity contribution in [2.24, 2.45) is 11.7 Å². The molecule has 0 saturated heterocycles. The number of nitrogens with one attached hydrogen (secondary N) is 2. The Morgan fingerprint density at radius 3 is 2.48 bits per heavy atom. The minimum Gasteiger partial charge on any atom is -0.463 e. The molecule has 1 aromatic heterocycles. The van der Waals surface area contributed by atoms with E-state index in [0.717, 1.165) is 24.0 Å². The number of carbonyl (C=O) groups excluding carboxylic acids is 3. The summed E-state index contributed by atoms with van der Waals surface area (Å²) in [6, 6.07) is 17.8. The van der Waals surface area contributed by atoms with Crippen LogP contribution in [0.4, 0.5) is 4.39 Å². The smallest absolute Gasteiger partial charge is 0.336 e. The van der Waals surface area contributed by atoms with E-state index < -0.39 is 17.8 Å². The van der Waals surface area contributed by atoms with Crippen molar-refractivity contribution in [3.05, 3.63) is 115 Å². The van der Waals surface area contributed by atoms with Gasteiger partial charge in [-0.3, -0.25) is 9.59 Å². The van der Waals surface area contributed by atoms with E-state index in [0.29, 0.717) is 51.6 Å². The van der Waals surface area contributed by atoms with Crippen LogP contribution < -0.4 is 16.4 Å². The fourth-order valence-corrected chi connectivity index (χ4v) is 7.12. The second kappa shape index (κ2) is 13.6. The first-order valence-corrected chi connectivity index (χ1v) is 15.9. The lowest BCUT2D eigenvalue weighted by Gasteiger charge is -2.32. The Bertz CT molecular complexity index is 1620. The number of allylic oxidation sites excluding steroid dienone is 2. The molecule has 2 amide bonds. The van der Waals surface area contributed by atoms with Crippen LogP contribution in [0, 0.1) is 11.7 Å². The van der Waals surface area contributed by atoms with Gasteiger partial charge >= 0.3 is 5.97 Å². The first kappa shape index (κ1) is 31.2. The maximum atomic E-state index is 13.6. The summed E-state index contributed by atoms with van der Waals surface area (Å²) in [6.07, 6.45) is 3.22. The number of esters is 1. The highest BCUT2D eigenvalue weighted by molar-refractivity contribution is 7.14. The molecule has 0 radical (unpaired) electrons. The van der Waals surface area contributed by atoms with E-state index in [1.165, 1.54) is 29.0 Å². The molecular formula is C35H38FN3O4S. The van der Waals surface area contributed by atoms with Crippen molar-refractivity contribution in [2.45, 2.75) is 64.8 Å². The predicted molar refractivity (Wildman–Crippen MR) is 169 cm³/mol. The highest BCUT2D eigenvalue weighted by atomic mass is 32.1. The number of carbonyl (C=O) groups is 3. The van der Waals surface area contributed by atoms with Gasteiger partial charge in [0, 0.05) is 21.8 Å². The van der Waals surface area contributed by atoms with Gasteiger partial charge in [-0.15, -0.1) is 11.3 Å². The average Bonchev–Trinajstić information content (AvgIpc) is 3.64. The zero-order valence-electron chi connectivity index (χ0n) is 25.2. The first-order chi connectivity index (χ1) is 21.2. The summed E-state index contributed by atoms with van der Waals surface area (Å²) in [7, 11) is 0. The van der Waals surface area contributed by atoms with Crippen molar-refractivity contribution in [2.75, 3.05) is 6.61 Å². The number of hydrogen-bond donors (Lipinski definition) is 3. The summed E-state index contributed by atoms with van der Waals surface area (Å²) in [4.78, 5) is 41.3. The molecule has 1 unspecified atom stereocenters. The molecule has 4 N–H and O–H groups in total. The van der Waals surface area contributed by atoms with Gasteiger partial charge in [-0.25, -0.2) is 9.18 Å². The second-order valence-corrected chi connectivity index (χ2v) is 12.7. The minimum atomic E-state index is -0.802. The van der Waals surface area contributed by atoms with Crippen molar-refractivity contribution in [3.8, 4) is 0 Å². The van der Waals surface area contributed by atoms with Gasteiger partial charge in [0.25, 0.3) is 5.91 Å². The first-order valence-electron chi connectivity index (χ1n) is 15.1. The van der Waals surface area contributed by atoms with Gasteiger partial charge in [0.05, 0.1) is 29.0 Å². The van der Waals surface area contributed by atoms with E-state index >= 15 is 0 Å². The Morgan fingerprint density at radius 1 is 1.02 bits per heavy atom. The summed E-state index contributed by atoms with van der Waals surface area (Å²) in [6.45, 7) is 5.96. The number of hydrogen-bond acceptors (Lipinski definition) is 6. The van der Waals surface area contributed by atoms with E-state index in [4.69, 9.17) is 10.5 Å². The largest absolute Gasteiger partial charge is 0.463 e. The van der Waals surface area contributed by atoms with Crippen LogP contribution in [0.1, 0.15) is 83.2 Å². The number of aryl methyl sites for hydroxylation is 2. The number of nitrogens with two attached hydrogens (primary N) is 1. The number of amides is 2. The zero-order valence-corrected chi connectivity index (χ0v) is 26.1. The van der Waals surface area contributed by atoms with Crippen LogP contribution in [0.25, 0.3) is 0 Å². The number of thiophene rings is 1. The molecule has 230 valence electrons. The summed E-state index contributed by atoms with van der Waals surface area (Å²) >= 11 is 1.25. The molecule has 1 aliphatic heterocycles. The standard InChI is InChI=1S/C35H38FN3O4S/c1-4-43-35(42)31-26(15-11-21-9-13-23(36)14-10-21)38-27(19-20(2)3)30(33(37)40)32(31)28-17-18-29(44-28)34(41)39-25-16-12-22-7-5-6-8-24(22)25/h5-10,13-14,17-18,20,25,32,38H,4,11-12,15-16,19H2,1-3H3,(H2,37,40)(H,39,41)/t25-,32?/m1/s1. The van der Waals surface area contributed by atoms with Gasteiger partial charge in [0.15, 0.2) is 0 Å². The molecule has 1 aliphatic carbocycles. The molecule has 2 aliphatic rings. The fraction of sp³-hybridized carbons (Fsp3) is 0.343. The lowest BCUT2D eigenvalue weighted by molar-refractivity contribution is -0.138. The zero-order chi connectivity index (χ0) is 31.4. The molecule has 0 bridgehead atoms. The van der Waals surface area contributed by atoms with Gasteiger partial charge in [-0.1, -0.05) is 50.2 Å². The fourth-order valence-electron chi connectivity index (χ4n) is 6.09. The molecule has 5 rings (SSSR count). The topological polar surface area (TPSA) is 111 Å². The number of fused-ring (bicyclic) bond motifs is 1. The number of dihydropyridines is 1. The molecule has 2 heterocycles. The molecule has 44 heavy (non-hydrogen) atoms. The second-order valence-electron chi connectivity index (χ2n) is 11.6. The van der Waals surface area contributed by atoms with Crippen LogP contribution in [0.5, 0.6) is 0 Å². The van der Waals surface area contributed by atoms with E-state index in [2.05, 4.69) is 16.7 Å². The van der Waals surface area contributed by atoms with Crippen LogP contribution >= 0.6 is 11.3 Å². The molecule has 2 atom stereocenters. The Kier molecular flexibility index (Phi) is 9.64. The van der Waals surface area contributed by atoms with Crippen molar-refractivity contribution < 1.29 is 23.5 Å². The lowest BCUT2D eigenvalue weighted by Crippen LogP contribution is -2.36. The molecule has 2 aromatic carbocycles. The van der Waals surface area contributed by atoms with Gasteiger partial charge in [0.1, 0.15) is 5.82 Å². The molecule has 9 heteroatoms. The number of rotatable bonds is 11. The molecule has 0 saturated carbocycles. The van der Waals surface area contributed by atoms with Crippen LogP contribution in [-0.4, -0.2) is 24.4 Å². The summed E-state index contributed by atoms with van der Waals surface area (Å²) < 4.78 is 19.1. The highest BCUT2D eigenvalue weighted by Crippen LogP contribution is 2.43. The van der Waals surface area contributed by atoms with E-state index in [9.17, 15) is 18.8 Å². The molecule has 3 aromatic rings. The summed E-state index contributed by atoms with van der Waals surface area (Å²) in [5, 5.41) is 6.55. The van der Waals surface area contributed by atoms with E-state index in [-0.39, 0.29) is 30.3 Å². The Morgan fingerprint density at radius 2 is 1.77 bits per heavy atom. The predicted octanol–water partition coefficient (Wildman–Crippen LogP) is 6.23. The maximum Gasteiger partial charge on any atom is 0.336 e. The Hall–Kier alpha value is -4.24. The van der Waals surface area contributed by atoms with Crippen LogP contribution in [0.3, 0.4) is 0 Å². The summed E-state index contributed by atoms with van der Waals surface area (Å²) in [5.74, 6) is -2.33. The third kappa shape index (κ3) is 6.78. The maximum absolute atomic E-state index is 13.6. The number of benzene rings is 2. The highest BCUT2D eigenvalue weighted by Gasteiger charge is 2.39. The van der Waals surface area contributed by atoms with Crippen molar-refractivity contribution in [3.63, 3.8) is 0 Å². The van der Waals surface area contributed by atoms with Gasteiger partial charge in [-0.2, -0.15) is 0 Å². The third-order valence-electron chi connectivity index (χ3n) is 8.05. The van der Waals surface area contributed by atoms with Crippen molar-refractivity contribution >= 4 is 29.1 Å². The number of ether oxygens (including phenoxy) is 1. The minimum absolute atomic E-state index is 0.0742. The average molecular weight is 616 g/mol. The van der Waals surface area contributed by atoms with Crippen molar-refractivity contribution in [1.82, 2.24) is 10.6 Å². The van der Waals surface area contributed by atoms with Crippen LogP contribution in [0.2, 0.25) is 0 Å². The van der Waals surface area contributed by atoms with E-state index in [1.54, 1.807) is 31.2 Å². The quantitative estimate of drug-likeness (QED) is 0.222. The third-order valence-corrected chi connectivity index (χ3v) is 9.20. The molecule has 0 spiro atoms. The van der Waals surface area contributed by atoms with Crippen LogP contribution in [0.15, 0.2) is 83.2 Å². The normalized spacial score (nSPS) is 17.8. The monoisotopic (exact) mass is 615 g/mol. The van der Waals surface area contributed by atoms with Gasteiger partial charge in [0.2, 0.25) is 5.91 Å². The van der Waals surface area contributed by atoms with Gasteiger partial charge < -0.3 is 21.1 Å². The number of halogens is 1.